The van der Waals surface area contributed by atoms with Crippen LogP contribution in [-0.4, -0.2) is 62.0 Å². The van der Waals surface area contributed by atoms with Gasteiger partial charge in [-0.25, -0.2) is 0 Å². The van der Waals surface area contributed by atoms with E-state index in [-0.39, 0.29) is 32.4 Å². The second-order valence-corrected chi connectivity index (χ2v) is 7.95. The van der Waals surface area contributed by atoms with Crippen LogP contribution in [0.15, 0.2) is 18.2 Å². The highest BCUT2D eigenvalue weighted by atomic mass is 31.1. The number of carbonyl (C=O) groups is 1. The lowest BCUT2D eigenvalue weighted by Gasteiger charge is -2.32. The lowest BCUT2D eigenvalue weighted by molar-refractivity contribution is -0.143. The van der Waals surface area contributed by atoms with Gasteiger partial charge in [0.25, 0.3) is 5.91 Å². The molecule has 1 aromatic rings. The molecule has 6 nitrogen and oxygen atoms in total. The number of benzene rings is 1. The fourth-order valence-electron chi connectivity index (χ4n) is 2.53. The van der Waals surface area contributed by atoms with Crippen molar-refractivity contribution in [3.8, 4) is 0 Å². The molecule has 0 N–H and O–H groups in total. The van der Waals surface area contributed by atoms with Crippen molar-refractivity contribution in [1.82, 2.24) is 9.57 Å². The molecule has 1 aliphatic heterocycles. The van der Waals surface area contributed by atoms with Gasteiger partial charge in [-0.05, 0) is 22.8 Å². The number of rotatable bonds is 5. The molecule has 1 amide bonds. The van der Waals surface area contributed by atoms with E-state index in [0.29, 0.717) is 12.1 Å². The van der Waals surface area contributed by atoms with Crippen LogP contribution in [0, 0.1) is 0 Å². The molecule has 2 rings (SSSR count). The number of hydrogen-bond acceptors (Lipinski definition) is 4. The van der Waals surface area contributed by atoms with Crippen LogP contribution in [0.1, 0.15) is 21.5 Å². The van der Waals surface area contributed by atoms with Crippen molar-refractivity contribution in [1.29, 1.82) is 0 Å². The Hall–Kier alpha value is -1.75. The average molecular weight is 447 g/mol. The maximum atomic E-state index is 13.0. The second-order valence-electron chi connectivity index (χ2n) is 6.42. The smallest absolute Gasteiger partial charge is 0.372 e. The largest absolute Gasteiger partial charge is 0.615 e. The Bertz CT molecular complexity index is 737. The summed E-state index contributed by atoms with van der Waals surface area (Å²) < 4.78 is 101. The summed E-state index contributed by atoms with van der Waals surface area (Å²) in [5.74, 6) is -0.994. The van der Waals surface area contributed by atoms with Crippen molar-refractivity contribution >= 4 is 14.1 Å². The van der Waals surface area contributed by atoms with E-state index in [0.717, 1.165) is 4.90 Å². The molecular weight excluding hydrogens is 429 g/mol. The summed E-state index contributed by atoms with van der Waals surface area (Å²) in [5.41, 5.74) is -3.85. The molecule has 0 spiro atoms. The van der Waals surface area contributed by atoms with E-state index in [1.165, 1.54) is 18.8 Å². The van der Waals surface area contributed by atoms with Crippen LogP contribution in [0.2, 0.25) is 0 Å². The fourth-order valence-corrected chi connectivity index (χ4v) is 3.05. The molecule has 162 valence electrons. The lowest BCUT2D eigenvalue weighted by Crippen LogP contribution is -2.47. The monoisotopic (exact) mass is 447 g/mol. The molecule has 1 heterocycles. The first kappa shape index (κ1) is 23.5. The van der Waals surface area contributed by atoms with E-state index in [9.17, 15) is 35.7 Å². The van der Waals surface area contributed by atoms with E-state index >= 15 is 0 Å². The first-order valence-corrected chi connectivity index (χ1v) is 9.40. The highest BCUT2D eigenvalue weighted by Crippen LogP contribution is 2.36. The van der Waals surface area contributed by atoms with Gasteiger partial charge in [0.05, 0.1) is 17.7 Å². The zero-order valence-electron chi connectivity index (χ0n) is 15.4. The molecule has 1 fully saturated rings. The summed E-state index contributed by atoms with van der Waals surface area (Å²) >= 11 is 0. The number of carbonyl (C=O) groups excluding carboxylic acids is 1. The standard InChI is InChI=1S/C16H18F6N2O4P/c1-23(2)29(26)28-9-13-8-24(3-4-27-13)14(25)10-5-11(15(17,18)19)7-12(6-10)16(20,21)22/h5-7,13H,3-4,8-9H2,1-2H3/q+1/t13-/m0/s1. The predicted octanol–water partition coefficient (Wildman–Crippen LogP) is 3.80. The van der Waals surface area contributed by atoms with Crippen molar-refractivity contribution in [2.24, 2.45) is 0 Å². The van der Waals surface area contributed by atoms with E-state index in [1.807, 2.05) is 0 Å². The maximum absolute atomic E-state index is 13.0. The Kier molecular flexibility index (Phi) is 7.26. The first-order chi connectivity index (χ1) is 13.3. The Morgan fingerprint density at radius 1 is 1.17 bits per heavy atom. The summed E-state index contributed by atoms with van der Waals surface area (Å²) in [6.07, 6.45) is -10.8. The van der Waals surface area contributed by atoms with E-state index < -0.39 is 49.2 Å². The highest BCUT2D eigenvalue weighted by molar-refractivity contribution is 7.36. The molecule has 13 heteroatoms. The number of nitrogens with zero attached hydrogens (tertiary/aromatic N) is 2. The van der Waals surface area contributed by atoms with Crippen molar-refractivity contribution < 1.29 is 45.0 Å². The molecule has 1 aliphatic rings. The van der Waals surface area contributed by atoms with Crippen molar-refractivity contribution in [2.75, 3.05) is 40.4 Å². The Morgan fingerprint density at radius 2 is 1.72 bits per heavy atom. The Morgan fingerprint density at radius 3 is 2.21 bits per heavy atom. The van der Waals surface area contributed by atoms with Gasteiger partial charge in [0.15, 0.2) is 0 Å². The van der Waals surface area contributed by atoms with Crippen molar-refractivity contribution in [3.63, 3.8) is 0 Å². The zero-order chi connectivity index (χ0) is 22.0. The van der Waals surface area contributed by atoms with Gasteiger partial charge in [-0.3, -0.25) is 4.79 Å². The van der Waals surface area contributed by atoms with Crippen molar-refractivity contribution in [2.45, 2.75) is 18.5 Å². The number of ether oxygens (including phenoxy) is 1. The number of alkyl halides is 6. The molecule has 2 atom stereocenters. The van der Waals surface area contributed by atoms with Gasteiger partial charge in [0, 0.05) is 32.7 Å². The van der Waals surface area contributed by atoms with Gasteiger partial charge in [-0.15, -0.1) is 4.52 Å². The minimum absolute atomic E-state index is 0.00357. The first-order valence-electron chi connectivity index (χ1n) is 8.27. The molecule has 1 aromatic carbocycles. The second kappa shape index (κ2) is 8.95. The summed E-state index contributed by atoms with van der Waals surface area (Å²) in [6.45, 7) is -0.309. The maximum Gasteiger partial charge on any atom is 0.615 e. The third kappa shape index (κ3) is 6.36. The fraction of sp³-hybridized carbons (Fsp3) is 0.562. The van der Waals surface area contributed by atoms with Crippen LogP contribution in [-0.2, 0) is 26.2 Å². The topological polar surface area (TPSA) is 59.1 Å². The Balaban J connectivity index is 2.21. The molecule has 0 saturated carbocycles. The van der Waals surface area contributed by atoms with Gasteiger partial charge >= 0.3 is 20.5 Å². The molecule has 29 heavy (non-hydrogen) atoms. The quantitative estimate of drug-likeness (QED) is 0.508. The summed E-state index contributed by atoms with van der Waals surface area (Å²) in [6, 6.07) is 0.744. The molecule has 1 unspecified atom stereocenters. The lowest BCUT2D eigenvalue weighted by atomic mass is 10.0. The zero-order valence-corrected chi connectivity index (χ0v) is 16.3. The minimum atomic E-state index is -5.05. The molecule has 0 radical (unpaired) electrons. The number of amides is 1. The van der Waals surface area contributed by atoms with Gasteiger partial charge in [0.2, 0.25) is 0 Å². The van der Waals surface area contributed by atoms with Crippen molar-refractivity contribution in [3.05, 3.63) is 34.9 Å². The van der Waals surface area contributed by atoms with Gasteiger partial charge < -0.3 is 9.64 Å². The summed E-state index contributed by atoms with van der Waals surface area (Å²) in [4.78, 5) is 13.7. The van der Waals surface area contributed by atoms with Crippen LogP contribution >= 0.6 is 8.18 Å². The van der Waals surface area contributed by atoms with Crippen LogP contribution in [0.4, 0.5) is 26.3 Å². The van der Waals surface area contributed by atoms with E-state index in [4.69, 9.17) is 9.26 Å². The van der Waals surface area contributed by atoms with E-state index in [2.05, 4.69) is 0 Å². The van der Waals surface area contributed by atoms with Crippen LogP contribution in [0.25, 0.3) is 0 Å². The predicted molar refractivity (Wildman–Crippen MR) is 89.3 cm³/mol. The summed E-state index contributed by atoms with van der Waals surface area (Å²) in [5, 5.41) is 0. The number of morpholine rings is 1. The highest BCUT2D eigenvalue weighted by Gasteiger charge is 2.38. The minimum Gasteiger partial charge on any atom is -0.372 e. The van der Waals surface area contributed by atoms with Gasteiger partial charge in [0.1, 0.15) is 12.7 Å². The summed E-state index contributed by atoms with van der Waals surface area (Å²) in [7, 11) is 0.909. The number of hydrogen-bond donors (Lipinski definition) is 0. The van der Waals surface area contributed by atoms with Crippen LogP contribution < -0.4 is 0 Å². The Labute approximate surface area is 163 Å². The third-order valence-corrected chi connectivity index (χ3v) is 4.98. The molecule has 0 aliphatic carbocycles. The van der Waals surface area contributed by atoms with Crippen LogP contribution in [0.3, 0.4) is 0 Å². The number of halogens is 6. The van der Waals surface area contributed by atoms with E-state index in [1.54, 1.807) is 0 Å². The SMILES string of the molecule is CN(C)[P+](=O)OC[C@@H]1CN(C(=O)c2cc(C(F)(F)F)cc(C(F)(F)F)c2)CCO1. The van der Waals surface area contributed by atoms with Gasteiger partial charge in [-0.2, -0.15) is 26.3 Å². The van der Waals surface area contributed by atoms with Gasteiger partial charge in [-0.1, -0.05) is 4.67 Å². The van der Waals surface area contributed by atoms with Crippen LogP contribution in [0.5, 0.6) is 0 Å². The molecular formula is C16H18F6N2O4P+. The molecule has 0 bridgehead atoms. The average Bonchev–Trinajstić information content (AvgIpc) is 2.63. The normalized spacial score (nSPS) is 18.9. The molecule has 1 saturated heterocycles. The third-order valence-electron chi connectivity index (χ3n) is 3.96. The molecule has 0 aromatic heterocycles.